The smallest absolute Gasteiger partial charge is 0.251 e. The number of likely N-dealkylation sites (N-methyl/N-ethyl adjacent to an activating group) is 1. The van der Waals surface area contributed by atoms with Crippen LogP contribution >= 0.6 is 0 Å². The summed E-state index contributed by atoms with van der Waals surface area (Å²) in [7, 11) is 2.14. The van der Waals surface area contributed by atoms with Crippen molar-refractivity contribution in [2.75, 3.05) is 45.5 Å². The Bertz CT molecular complexity index is 495. The Morgan fingerprint density at radius 3 is 2.67 bits per heavy atom. The third-order valence-corrected chi connectivity index (χ3v) is 4.01. The lowest BCUT2D eigenvalue weighted by Gasteiger charge is -2.34. The summed E-state index contributed by atoms with van der Waals surface area (Å²) in [6.07, 6.45) is 0. The average molecular weight is 290 g/mol. The summed E-state index contributed by atoms with van der Waals surface area (Å²) < 4.78 is 0. The Labute approximate surface area is 127 Å². The molecule has 2 rings (SSSR count). The Balaban J connectivity index is 1.88. The molecule has 5 heteroatoms. The number of amides is 1. The number of rotatable bonds is 4. The highest BCUT2D eigenvalue weighted by Crippen LogP contribution is 2.12. The van der Waals surface area contributed by atoms with E-state index in [1.165, 1.54) is 0 Å². The number of nitrogen functional groups attached to an aromatic ring is 1. The van der Waals surface area contributed by atoms with Crippen molar-refractivity contribution >= 4 is 11.6 Å². The van der Waals surface area contributed by atoms with E-state index in [2.05, 4.69) is 29.1 Å². The van der Waals surface area contributed by atoms with Gasteiger partial charge in [-0.05, 0) is 38.6 Å². The zero-order valence-electron chi connectivity index (χ0n) is 13.2. The fourth-order valence-electron chi connectivity index (χ4n) is 2.65. The molecule has 1 atom stereocenters. The fourth-order valence-corrected chi connectivity index (χ4v) is 2.65. The van der Waals surface area contributed by atoms with Crippen LogP contribution in [0.15, 0.2) is 18.2 Å². The van der Waals surface area contributed by atoms with E-state index in [0.29, 0.717) is 11.3 Å². The molecule has 1 unspecified atom stereocenters. The van der Waals surface area contributed by atoms with Crippen LogP contribution in [-0.4, -0.2) is 61.5 Å². The second-order valence-electron chi connectivity index (χ2n) is 6.05. The first kappa shape index (κ1) is 15.8. The lowest BCUT2D eigenvalue weighted by atomic mass is 10.1. The molecule has 0 saturated carbocycles. The number of nitrogens with two attached hydrogens (primary N) is 1. The molecule has 21 heavy (non-hydrogen) atoms. The van der Waals surface area contributed by atoms with E-state index in [0.717, 1.165) is 38.3 Å². The maximum Gasteiger partial charge on any atom is 0.251 e. The lowest BCUT2D eigenvalue weighted by Crippen LogP contribution is -2.49. The second-order valence-corrected chi connectivity index (χ2v) is 6.05. The Hall–Kier alpha value is -1.59. The zero-order valence-corrected chi connectivity index (χ0v) is 13.2. The number of carbonyl (C=O) groups excluding carboxylic acids is 1. The molecule has 1 aliphatic rings. The van der Waals surface area contributed by atoms with Crippen molar-refractivity contribution in [2.24, 2.45) is 0 Å². The van der Waals surface area contributed by atoms with Gasteiger partial charge in [0.05, 0.1) is 0 Å². The largest absolute Gasteiger partial charge is 0.399 e. The normalized spacial score (nSPS) is 18.4. The quantitative estimate of drug-likeness (QED) is 0.810. The standard InChI is InChI=1S/C16H26N4O/c1-12-4-5-14(17)10-15(12)16(21)18-13(2)11-20-8-6-19(3)7-9-20/h4-5,10,13H,6-9,11,17H2,1-3H3,(H,18,21). The first-order chi connectivity index (χ1) is 9.95. The molecule has 1 amide bonds. The number of hydrogen-bond acceptors (Lipinski definition) is 4. The van der Waals surface area contributed by atoms with Crippen molar-refractivity contribution in [2.45, 2.75) is 19.9 Å². The molecule has 1 aromatic rings. The molecular formula is C16H26N4O. The molecule has 1 fully saturated rings. The fraction of sp³-hybridized carbons (Fsp3) is 0.562. The van der Waals surface area contributed by atoms with E-state index in [4.69, 9.17) is 5.73 Å². The van der Waals surface area contributed by atoms with Gasteiger partial charge in [-0.15, -0.1) is 0 Å². The van der Waals surface area contributed by atoms with E-state index < -0.39 is 0 Å². The van der Waals surface area contributed by atoms with Crippen LogP contribution in [0.1, 0.15) is 22.8 Å². The molecule has 1 saturated heterocycles. The Morgan fingerprint density at radius 1 is 1.33 bits per heavy atom. The molecule has 0 aromatic heterocycles. The van der Waals surface area contributed by atoms with Crippen LogP contribution in [0.5, 0.6) is 0 Å². The maximum absolute atomic E-state index is 12.3. The summed E-state index contributed by atoms with van der Waals surface area (Å²) in [4.78, 5) is 17.1. The van der Waals surface area contributed by atoms with Crippen molar-refractivity contribution in [1.29, 1.82) is 0 Å². The summed E-state index contributed by atoms with van der Waals surface area (Å²) in [5.74, 6) is -0.0403. The second kappa shape index (κ2) is 6.91. The summed E-state index contributed by atoms with van der Waals surface area (Å²) >= 11 is 0. The zero-order chi connectivity index (χ0) is 15.4. The predicted octanol–water partition coefficient (Wildman–Crippen LogP) is 0.943. The van der Waals surface area contributed by atoms with Crippen LogP contribution in [-0.2, 0) is 0 Å². The number of piperazine rings is 1. The lowest BCUT2D eigenvalue weighted by molar-refractivity contribution is 0.0914. The first-order valence-corrected chi connectivity index (χ1v) is 7.53. The van der Waals surface area contributed by atoms with Crippen LogP contribution in [0.3, 0.4) is 0 Å². The minimum absolute atomic E-state index is 0.0403. The molecule has 5 nitrogen and oxygen atoms in total. The minimum Gasteiger partial charge on any atom is -0.399 e. The Kier molecular flexibility index (Phi) is 5.20. The molecular weight excluding hydrogens is 264 g/mol. The monoisotopic (exact) mass is 290 g/mol. The molecule has 0 radical (unpaired) electrons. The van der Waals surface area contributed by atoms with Crippen molar-refractivity contribution < 1.29 is 4.79 Å². The van der Waals surface area contributed by atoms with Gasteiger partial charge in [0.15, 0.2) is 0 Å². The van der Waals surface area contributed by atoms with Gasteiger partial charge in [-0.25, -0.2) is 0 Å². The van der Waals surface area contributed by atoms with Gasteiger partial charge in [0, 0.05) is 50.0 Å². The molecule has 1 aliphatic heterocycles. The van der Waals surface area contributed by atoms with Gasteiger partial charge in [-0.3, -0.25) is 9.69 Å². The number of carbonyl (C=O) groups is 1. The van der Waals surface area contributed by atoms with E-state index in [-0.39, 0.29) is 11.9 Å². The Morgan fingerprint density at radius 2 is 2.00 bits per heavy atom. The highest BCUT2D eigenvalue weighted by Gasteiger charge is 2.18. The first-order valence-electron chi connectivity index (χ1n) is 7.53. The molecule has 0 aliphatic carbocycles. The molecule has 0 bridgehead atoms. The molecule has 116 valence electrons. The number of benzene rings is 1. The summed E-state index contributed by atoms with van der Waals surface area (Å²) in [5, 5.41) is 3.07. The number of anilines is 1. The molecule has 1 aromatic carbocycles. The number of hydrogen-bond donors (Lipinski definition) is 2. The van der Waals surface area contributed by atoms with Crippen molar-refractivity contribution in [3.8, 4) is 0 Å². The van der Waals surface area contributed by atoms with Crippen LogP contribution < -0.4 is 11.1 Å². The maximum atomic E-state index is 12.3. The third-order valence-electron chi connectivity index (χ3n) is 4.01. The number of nitrogens with one attached hydrogen (secondary N) is 1. The van der Waals surface area contributed by atoms with E-state index in [1.807, 2.05) is 19.1 Å². The highest BCUT2D eigenvalue weighted by molar-refractivity contribution is 5.96. The van der Waals surface area contributed by atoms with Gasteiger partial charge in [-0.2, -0.15) is 0 Å². The molecule has 1 heterocycles. The van der Waals surface area contributed by atoms with Crippen LogP contribution in [0, 0.1) is 6.92 Å². The number of nitrogens with zero attached hydrogens (tertiary/aromatic N) is 2. The minimum atomic E-state index is -0.0403. The highest BCUT2D eigenvalue weighted by atomic mass is 16.1. The van der Waals surface area contributed by atoms with Gasteiger partial charge in [0.1, 0.15) is 0 Å². The van der Waals surface area contributed by atoms with Crippen LogP contribution in [0.4, 0.5) is 5.69 Å². The molecule has 3 N–H and O–H groups in total. The topological polar surface area (TPSA) is 61.6 Å². The van der Waals surface area contributed by atoms with Crippen molar-refractivity contribution in [3.05, 3.63) is 29.3 Å². The predicted molar refractivity (Wildman–Crippen MR) is 86.5 cm³/mol. The SMILES string of the molecule is Cc1ccc(N)cc1C(=O)NC(C)CN1CCN(C)CC1. The average Bonchev–Trinajstić information content (AvgIpc) is 2.44. The van der Waals surface area contributed by atoms with Crippen LogP contribution in [0.2, 0.25) is 0 Å². The van der Waals surface area contributed by atoms with Crippen molar-refractivity contribution in [3.63, 3.8) is 0 Å². The summed E-state index contributed by atoms with van der Waals surface area (Å²) in [6.45, 7) is 9.18. The van der Waals surface area contributed by atoms with Gasteiger partial charge in [0.25, 0.3) is 5.91 Å². The van der Waals surface area contributed by atoms with Gasteiger partial charge in [0.2, 0.25) is 0 Å². The third kappa shape index (κ3) is 4.44. The van der Waals surface area contributed by atoms with Crippen LogP contribution in [0.25, 0.3) is 0 Å². The van der Waals surface area contributed by atoms with Gasteiger partial charge in [-0.1, -0.05) is 6.07 Å². The molecule has 0 spiro atoms. The van der Waals surface area contributed by atoms with Gasteiger partial charge < -0.3 is 16.0 Å². The summed E-state index contributed by atoms with van der Waals surface area (Å²) in [5.41, 5.74) is 8.01. The van der Waals surface area contributed by atoms with Crippen molar-refractivity contribution in [1.82, 2.24) is 15.1 Å². The van der Waals surface area contributed by atoms with E-state index in [1.54, 1.807) is 6.07 Å². The van der Waals surface area contributed by atoms with E-state index in [9.17, 15) is 4.79 Å². The number of aryl methyl sites for hydroxylation is 1. The van der Waals surface area contributed by atoms with Gasteiger partial charge >= 0.3 is 0 Å². The summed E-state index contributed by atoms with van der Waals surface area (Å²) in [6, 6.07) is 5.57. The van der Waals surface area contributed by atoms with E-state index >= 15 is 0 Å².